The molecule has 0 bridgehead atoms. The Balaban J connectivity index is 1.63. The van der Waals surface area contributed by atoms with Crippen molar-refractivity contribution in [1.29, 1.82) is 0 Å². The van der Waals surface area contributed by atoms with Gasteiger partial charge in [0.2, 0.25) is 0 Å². The molecule has 2 aromatic carbocycles. The molecule has 1 aliphatic heterocycles. The standard InChI is InChI=1S/C20H23NO2/c1-15(2)18-9-5-6-10-19(18)23-14-20(22)21-12-11-16-7-3-4-8-17(16)13-21/h3-10,15H,11-14H2,1-2H3. The molecule has 0 spiro atoms. The van der Waals surface area contributed by atoms with Gasteiger partial charge >= 0.3 is 0 Å². The van der Waals surface area contributed by atoms with Crippen LogP contribution in [0.3, 0.4) is 0 Å². The lowest BCUT2D eigenvalue weighted by atomic mass is 10.00. The van der Waals surface area contributed by atoms with E-state index in [1.54, 1.807) is 0 Å². The van der Waals surface area contributed by atoms with Gasteiger partial charge in [-0.25, -0.2) is 0 Å². The van der Waals surface area contributed by atoms with Crippen molar-refractivity contribution in [1.82, 2.24) is 4.90 Å². The van der Waals surface area contributed by atoms with Crippen molar-refractivity contribution < 1.29 is 9.53 Å². The van der Waals surface area contributed by atoms with Crippen molar-refractivity contribution in [2.45, 2.75) is 32.7 Å². The molecule has 3 nitrogen and oxygen atoms in total. The second-order valence-electron chi connectivity index (χ2n) is 6.32. The third kappa shape index (κ3) is 3.55. The molecule has 3 heteroatoms. The van der Waals surface area contributed by atoms with E-state index >= 15 is 0 Å². The molecular weight excluding hydrogens is 286 g/mol. The smallest absolute Gasteiger partial charge is 0.260 e. The van der Waals surface area contributed by atoms with E-state index in [-0.39, 0.29) is 12.5 Å². The highest BCUT2D eigenvalue weighted by Gasteiger charge is 2.21. The maximum atomic E-state index is 12.5. The number of rotatable bonds is 4. The minimum absolute atomic E-state index is 0.0538. The van der Waals surface area contributed by atoms with Crippen LogP contribution in [0.15, 0.2) is 48.5 Å². The number of ether oxygens (including phenoxy) is 1. The third-order valence-electron chi connectivity index (χ3n) is 4.38. The maximum absolute atomic E-state index is 12.5. The predicted octanol–water partition coefficient (Wildman–Crippen LogP) is 3.77. The van der Waals surface area contributed by atoms with Gasteiger partial charge in [0.15, 0.2) is 6.61 Å². The van der Waals surface area contributed by atoms with Gasteiger partial charge in [0, 0.05) is 13.1 Å². The van der Waals surface area contributed by atoms with E-state index in [2.05, 4.69) is 38.1 Å². The normalized spacial score (nSPS) is 13.8. The van der Waals surface area contributed by atoms with Crippen LogP contribution in [-0.2, 0) is 17.8 Å². The molecular formula is C20H23NO2. The first-order valence-corrected chi connectivity index (χ1v) is 8.21. The fourth-order valence-corrected chi connectivity index (χ4v) is 3.03. The van der Waals surface area contributed by atoms with Crippen LogP contribution in [0.4, 0.5) is 0 Å². The van der Waals surface area contributed by atoms with Gasteiger partial charge in [-0.15, -0.1) is 0 Å². The molecule has 0 unspecified atom stereocenters. The zero-order valence-corrected chi connectivity index (χ0v) is 13.8. The first kappa shape index (κ1) is 15.6. The fourth-order valence-electron chi connectivity index (χ4n) is 3.03. The SMILES string of the molecule is CC(C)c1ccccc1OCC(=O)N1CCc2ccccc2C1. The van der Waals surface area contributed by atoms with E-state index in [1.807, 2.05) is 29.2 Å². The molecule has 0 fully saturated rings. The lowest BCUT2D eigenvalue weighted by Gasteiger charge is -2.29. The minimum atomic E-state index is 0.0538. The van der Waals surface area contributed by atoms with Crippen LogP contribution < -0.4 is 4.74 Å². The summed E-state index contributed by atoms with van der Waals surface area (Å²) in [6, 6.07) is 16.3. The Kier molecular flexibility index (Phi) is 4.65. The number of benzene rings is 2. The lowest BCUT2D eigenvalue weighted by molar-refractivity contribution is -0.134. The number of amides is 1. The van der Waals surface area contributed by atoms with E-state index in [1.165, 1.54) is 11.1 Å². The molecule has 1 heterocycles. The number of carbonyl (C=O) groups excluding carboxylic acids is 1. The number of fused-ring (bicyclic) bond motifs is 1. The van der Waals surface area contributed by atoms with Crippen molar-refractivity contribution in [3.63, 3.8) is 0 Å². The summed E-state index contributed by atoms with van der Waals surface area (Å²) in [5, 5.41) is 0. The van der Waals surface area contributed by atoms with Crippen LogP contribution in [0.25, 0.3) is 0 Å². The molecule has 3 rings (SSSR count). The summed E-state index contributed by atoms with van der Waals surface area (Å²) in [7, 11) is 0. The number of hydrogen-bond donors (Lipinski definition) is 0. The number of hydrogen-bond acceptors (Lipinski definition) is 2. The van der Waals surface area contributed by atoms with Crippen LogP contribution in [0.5, 0.6) is 5.75 Å². The van der Waals surface area contributed by atoms with Gasteiger partial charge in [0.05, 0.1) is 0 Å². The van der Waals surface area contributed by atoms with Crippen LogP contribution in [0.1, 0.15) is 36.5 Å². The minimum Gasteiger partial charge on any atom is -0.483 e. The zero-order valence-electron chi connectivity index (χ0n) is 13.8. The van der Waals surface area contributed by atoms with Gasteiger partial charge in [-0.3, -0.25) is 4.79 Å². The van der Waals surface area contributed by atoms with Gasteiger partial charge in [0.25, 0.3) is 5.91 Å². The largest absolute Gasteiger partial charge is 0.483 e. The zero-order chi connectivity index (χ0) is 16.2. The Morgan fingerprint density at radius 3 is 2.57 bits per heavy atom. The van der Waals surface area contributed by atoms with E-state index in [9.17, 15) is 4.79 Å². The fraction of sp³-hybridized carbons (Fsp3) is 0.350. The Morgan fingerprint density at radius 1 is 1.09 bits per heavy atom. The average molecular weight is 309 g/mol. The van der Waals surface area contributed by atoms with E-state index in [0.717, 1.165) is 24.3 Å². The molecule has 0 saturated heterocycles. The summed E-state index contributed by atoms with van der Waals surface area (Å²) in [4.78, 5) is 14.4. The van der Waals surface area contributed by atoms with Crippen molar-refractivity contribution in [3.05, 3.63) is 65.2 Å². The topological polar surface area (TPSA) is 29.5 Å². The summed E-state index contributed by atoms with van der Waals surface area (Å²) in [5.74, 6) is 1.24. The first-order chi connectivity index (χ1) is 11.1. The summed E-state index contributed by atoms with van der Waals surface area (Å²) in [6.07, 6.45) is 0.921. The number of para-hydroxylation sites is 1. The van der Waals surface area contributed by atoms with E-state index in [4.69, 9.17) is 4.74 Å². The maximum Gasteiger partial charge on any atom is 0.260 e. The van der Waals surface area contributed by atoms with Crippen LogP contribution in [0.2, 0.25) is 0 Å². The van der Waals surface area contributed by atoms with Gasteiger partial charge in [0.1, 0.15) is 5.75 Å². The second kappa shape index (κ2) is 6.86. The van der Waals surface area contributed by atoms with Crippen LogP contribution in [-0.4, -0.2) is 24.0 Å². The molecule has 0 atom stereocenters. The Morgan fingerprint density at radius 2 is 1.78 bits per heavy atom. The highest BCUT2D eigenvalue weighted by atomic mass is 16.5. The van der Waals surface area contributed by atoms with Crippen molar-refractivity contribution in [2.24, 2.45) is 0 Å². The quantitative estimate of drug-likeness (QED) is 0.860. The number of carbonyl (C=O) groups is 1. The molecule has 120 valence electrons. The molecule has 0 N–H and O–H groups in total. The monoisotopic (exact) mass is 309 g/mol. The summed E-state index contributed by atoms with van der Waals surface area (Å²) >= 11 is 0. The van der Waals surface area contributed by atoms with Crippen LogP contribution in [0, 0.1) is 0 Å². The van der Waals surface area contributed by atoms with Crippen molar-refractivity contribution in [3.8, 4) is 5.75 Å². The molecule has 0 radical (unpaired) electrons. The van der Waals surface area contributed by atoms with Gasteiger partial charge in [-0.2, -0.15) is 0 Å². The molecule has 1 aliphatic rings. The first-order valence-electron chi connectivity index (χ1n) is 8.21. The molecule has 2 aromatic rings. The van der Waals surface area contributed by atoms with Gasteiger partial charge in [-0.05, 0) is 35.1 Å². The Hall–Kier alpha value is -2.29. The molecule has 0 saturated carbocycles. The lowest BCUT2D eigenvalue weighted by Crippen LogP contribution is -2.38. The molecule has 0 aromatic heterocycles. The third-order valence-corrected chi connectivity index (χ3v) is 4.38. The molecule has 23 heavy (non-hydrogen) atoms. The molecule has 1 amide bonds. The number of nitrogens with zero attached hydrogens (tertiary/aromatic N) is 1. The summed E-state index contributed by atoms with van der Waals surface area (Å²) in [6.45, 7) is 5.82. The van der Waals surface area contributed by atoms with Gasteiger partial charge < -0.3 is 9.64 Å². The highest BCUT2D eigenvalue weighted by molar-refractivity contribution is 5.78. The Bertz CT molecular complexity index is 694. The summed E-state index contributed by atoms with van der Waals surface area (Å²) in [5.41, 5.74) is 3.74. The van der Waals surface area contributed by atoms with Gasteiger partial charge in [-0.1, -0.05) is 56.3 Å². The predicted molar refractivity (Wildman–Crippen MR) is 91.6 cm³/mol. The highest BCUT2D eigenvalue weighted by Crippen LogP contribution is 2.26. The van der Waals surface area contributed by atoms with E-state index in [0.29, 0.717) is 12.5 Å². The molecule has 0 aliphatic carbocycles. The summed E-state index contributed by atoms with van der Waals surface area (Å²) < 4.78 is 5.81. The Labute approximate surface area is 137 Å². The van der Waals surface area contributed by atoms with Crippen LogP contribution >= 0.6 is 0 Å². The van der Waals surface area contributed by atoms with Crippen molar-refractivity contribution >= 4 is 5.91 Å². The average Bonchev–Trinajstić information content (AvgIpc) is 2.59. The van der Waals surface area contributed by atoms with Crippen molar-refractivity contribution in [2.75, 3.05) is 13.2 Å². The van der Waals surface area contributed by atoms with E-state index < -0.39 is 0 Å². The second-order valence-corrected chi connectivity index (χ2v) is 6.32.